The summed E-state index contributed by atoms with van der Waals surface area (Å²) < 4.78 is 1.43. The first kappa shape index (κ1) is 9.14. The van der Waals surface area contributed by atoms with Crippen molar-refractivity contribution in [3.8, 4) is 0 Å². The fourth-order valence-corrected chi connectivity index (χ4v) is 1.19. The topological polar surface area (TPSA) is 80.9 Å². The van der Waals surface area contributed by atoms with Crippen LogP contribution in [0.15, 0.2) is 5.16 Å². The summed E-state index contributed by atoms with van der Waals surface area (Å²) in [6.45, 7) is 0.317. The van der Waals surface area contributed by atoms with Gasteiger partial charge in [-0.2, -0.15) is 0 Å². The van der Waals surface area contributed by atoms with Gasteiger partial charge in [-0.05, 0) is 10.4 Å². The summed E-state index contributed by atoms with van der Waals surface area (Å²) in [5.74, 6) is 0.200. The summed E-state index contributed by atoms with van der Waals surface area (Å²) in [6, 6.07) is 0. The minimum Gasteiger partial charge on any atom is -0.394 e. The van der Waals surface area contributed by atoms with Crippen molar-refractivity contribution in [3.05, 3.63) is 0 Å². The molecule has 1 heterocycles. The van der Waals surface area contributed by atoms with E-state index in [1.165, 1.54) is 16.4 Å². The van der Waals surface area contributed by atoms with Crippen LogP contribution in [0.1, 0.15) is 0 Å². The quantitative estimate of drug-likeness (QED) is 0.587. The van der Waals surface area contributed by atoms with Gasteiger partial charge in [0.15, 0.2) is 0 Å². The van der Waals surface area contributed by atoms with E-state index in [0.717, 1.165) is 0 Å². The summed E-state index contributed by atoms with van der Waals surface area (Å²) >= 11 is 1.19. The second-order valence-corrected chi connectivity index (χ2v) is 2.78. The third-order valence-corrected chi connectivity index (χ3v) is 1.88. The number of aliphatic hydroxyl groups excluding tert-OH is 1. The minimum absolute atomic E-state index is 0.0244. The molecule has 0 atom stereocenters. The molecular weight excluding hydrogens is 180 g/mol. The maximum absolute atomic E-state index is 9.90. The zero-order chi connectivity index (χ0) is 8.81. The first-order valence-electron chi connectivity index (χ1n) is 3.23. The Kier molecular flexibility index (Phi) is 3.68. The fraction of sp³-hybridized carbons (Fsp3) is 0.600. The van der Waals surface area contributed by atoms with Crippen LogP contribution in [-0.4, -0.2) is 44.0 Å². The van der Waals surface area contributed by atoms with Crippen molar-refractivity contribution >= 4 is 18.0 Å². The van der Waals surface area contributed by atoms with Gasteiger partial charge >= 0.3 is 0 Å². The number of aliphatic hydroxyl groups is 1. The van der Waals surface area contributed by atoms with Gasteiger partial charge in [0, 0.05) is 0 Å². The van der Waals surface area contributed by atoms with Crippen molar-refractivity contribution in [3.63, 3.8) is 0 Å². The third kappa shape index (κ3) is 2.28. The van der Waals surface area contributed by atoms with Gasteiger partial charge in [-0.3, -0.25) is 4.79 Å². The average molecular weight is 187 g/mol. The molecule has 7 heteroatoms. The Hall–Kier alpha value is -0.950. The monoisotopic (exact) mass is 187 g/mol. The van der Waals surface area contributed by atoms with Crippen molar-refractivity contribution < 1.29 is 9.90 Å². The van der Waals surface area contributed by atoms with Crippen LogP contribution >= 0.6 is 11.8 Å². The van der Waals surface area contributed by atoms with Gasteiger partial charge in [0.1, 0.15) is 0 Å². The summed E-state index contributed by atoms with van der Waals surface area (Å²) in [5.41, 5.74) is 0. The molecule has 0 saturated heterocycles. The molecule has 0 fully saturated rings. The molecule has 6 nitrogen and oxygen atoms in total. The van der Waals surface area contributed by atoms with Crippen LogP contribution in [-0.2, 0) is 11.3 Å². The maximum Gasteiger partial charge on any atom is 0.209 e. The Morgan fingerprint density at radius 1 is 1.67 bits per heavy atom. The Morgan fingerprint density at radius 3 is 3.17 bits per heavy atom. The van der Waals surface area contributed by atoms with Gasteiger partial charge in [-0.15, -0.1) is 5.10 Å². The third-order valence-electron chi connectivity index (χ3n) is 1.07. The standard InChI is InChI=1S/C5H7N4O2S/c10-2-1-9-5(6-7-8-9)12-4-3-11/h10H,1-2,4H2. The van der Waals surface area contributed by atoms with Crippen LogP contribution in [0.5, 0.6) is 0 Å². The van der Waals surface area contributed by atoms with E-state index in [-0.39, 0.29) is 12.4 Å². The summed E-state index contributed by atoms with van der Waals surface area (Å²) in [4.78, 5) is 9.90. The van der Waals surface area contributed by atoms with E-state index < -0.39 is 0 Å². The summed E-state index contributed by atoms with van der Waals surface area (Å²) in [6.07, 6.45) is 1.72. The van der Waals surface area contributed by atoms with E-state index in [9.17, 15) is 4.79 Å². The second-order valence-electron chi connectivity index (χ2n) is 1.84. The molecule has 0 aromatic carbocycles. The maximum atomic E-state index is 9.90. The summed E-state index contributed by atoms with van der Waals surface area (Å²) in [5, 5.41) is 19.8. The highest BCUT2D eigenvalue weighted by Crippen LogP contribution is 2.10. The Balaban J connectivity index is 2.56. The van der Waals surface area contributed by atoms with E-state index in [1.54, 1.807) is 6.29 Å². The highest BCUT2D eigenvalue weighted by atomic mass is 32.2. The number of aromatic nitrogens is 4. The molecule has 65 valence electrons. The normalized spacial score (nSPS) is 10.1. The van der Waals surface area contributed by atoms with Gasteiger partial charge in [0.25, 0.3) is 0 Å². The molecule has 0 unspecified atom stereocenters. The van der Waals surface area contributed by atoms with Crippen molar-refractivity contribution in [1.82, 2.24) is 20.2 Å². The van der Waals surface area contributed by atoms with E-state index in [2.05, 4.69) is 15.5 Å². The molecule has 0 spiro atoms. The number of nitrogens with zero attached hydrogens (tertiary/aromatic N) is 4. The van der Waals surface area contributed by atoms with Crippen molar-refractivity contribution in [2.24, 2.45) is 0 Å². The van der Waals surface area contributed by atoms with E-state index in [4.69, 9.17) is 5.11 Å². The lowest BCUT2D eigenvalue weighted by molar-refractivity contribution is 0.262. The van der Waals surface area contributed by atoms with Crippen LogP contribution in [0.3, 0.4) is 0 Å². The van der Waals surface area contributed by atoms with Gasteiger partial charge in [0.2, 0.25) is 11.4 Å². The smallest absolute Gasteiger partial charge is 0.209 e. The van der Waals surface area contributed by atoms with Crippen LogP contribution in [0.25, 0.3) is 0 Å². The molecule has 1 rings (SSSR count). The lowest BCUT2D eigenvalue weighted by Crippen LogP contribution is -2.05. The molecular formula is C5H7N4O2S. The average Bonchev–Trinajstić information content (AvgIpc) is 2.50. The first-order valence-corrected chi connectivity index (χ1v) is 4.22. The number of thioether (sulfide) groups is 1. The van der Waals surface area contributed by atoms with Crippen molar-refractivity contribution in [1.29, 1.82) is 0 Å². The lowest BCUT2D eigenvalue weighted by Gasteiger charge is -1.97. The van der Waals surface area contributed by atoms with Crippen LogP contribution in [0.2, 0.25) is 0 Å². The number of rotatable bonds is 5. The lowest BCUT2D eigenvalue weighted by atomic mass is 10.7. The SMILES string of the molecule is O=[C]CSc1nnnn1CCO. The van der Waals surface area contributed by atoms with Gasteiger partial charge < -0.3 is 5.11 Å². The zero-order valence-electron chi connectivity index (χ0n) is 6.17. The van der Waals surface area contributed by atoms with Crippen LogP contribution in [0, 0.1) is 0 Å². The number of hydrogen-bond acceptors (Lipinski definition) is 6. The minimum atomic E-state index is -0.0244. The highest BCUT2D eigenvalue weighted by molar-refractivity contribution is 7.99. The van der Waals surface area contributed by atoms with E-state index in [1.807, 2.05) is 0 Å². The molecule has 0 aliphatic rings. The van der Waals surface area contributed by atoms with Crippen LogP contribution in [0.4, 0.5) is 0 Å². The van der Waals surface area contributed by atoms with Crippen molar-refractivity contribution in [2.75, 3.05) is 12.4 Å². The van der Waals surface area contributed by atoms with Gasteiger partial charge in [-0.1, -0.05) is 11.8 Å². The van der Waals surface area contributed by atoms with Gasteiger partial charge in [0.05, 0.1) is 18.9 Å². The van der Waals surface area contributed by atoms with E-state index >= 15 is 0 Å². The molecule has 0 bridgehead atoms. The second kappa shape index (κ2) is 4.83. The Labute approximate surface area is 73.0 Å². The molecule has 0 aliphatic carbocycles. The number of hydrogen-bond donors (Lipinski definition) is 1. The Bertz CT molecular complexity index is 251. The van der Waals surface area contributed by atoms with Gasteiger partial charge in [-0.25, -0.2) is 4.68 Å². The molecule has 1 aromatic rings. The highest BCUT2D eigenvalue weighted by Gasteiger charge is 2.04. The molecule has 0 aliphatic heterocycles. The zero-order valence-corrected chi connectivity index (χ0v) is 6.99. The number of carbonyl (C=O) groups excluding carboxylic acids is 1. The molecule has 0 amide bonds. The first-order chi connectivity index (χ1) is 5.88. The predicted octanol–water partition coefficient (Wildman–Crippen LogP) is -1.13. The van der Waals surface area contributed by atoms with Crippen LogP contribution < -0.4 is 0 Å². The largest absolute Gasteiger partial charge is 0.394 e. The number of tetrazole rings is 1. The molecule has 1 radical (unpaired) electrons. The summed E-state index contributed by atoms with van der Waals surface area (Å²) in [7, 11) is 0. The molecule has 1 aromatic heterocycles. The Morgan fingerprint density at radius 2 is 2.50 bits per heavy atom. The van der Waals surface area contributed by atoms with Crippen molar-refractivity contribution in [2.45, 2.75) is 11.7 Å². The molecule has 1 N–H and O–H groups in total. The fourth-order valence-electron chi connectivity index (χ4n) is 0.629. The van der Waals surface area contributed by atoms with E-state index in [0.29, 0.717) is 11.7 Å². The molecule has 12 heavy (non-hydrogen) atoms. The molecule has 0 saturated carbocycles. The predicted molar refractivity (Wildman–Crippen MR) is 41.3 cm³/mol.